The van der Waals surface area contributed by atoms with Crippen molar-refractivity contribution in [3.8, 4) is 0 Å². The summed E-state index contributed by atoms with van der Waals surface area (Å²) in [6.45, 7) is 1.98. The Bertz CT molecular complexity index is 552. The van der Waals surface area contributed by atoms with Crippen LogP contribution in [-0.4, -0.2) is 17.9 Å². The van der Waals surface area contributed by atoms with Crippen LogP contribution in [0.5, 0.6) is 0 Å². The van der Waals surface area contributed by atoms with Crippen LogP contribution in [-0.2, 0) is 4.79 Å². The maximum atomic E-state index is 11.5. The minimum absolute atomic E-state index is 0.0264. The maximum absolute atomic E-state index is 11.5. The minimum atomic E-state index is 0.0264. The molecule has 0 aliphatic rings. The lowest BCUT2D eigenvalue weighted by Gasteiger charge is -2.18. The summed E-state index contributed by atoms with van der Waals surface area (Å²) in [4.78, 5) is 17.9. The van der Waals surface area contributed by atoms with Gasteiger partial charge in [0.1, 0.15) is 5.82 Å². The zero-order valence-electron chi connectivity index (χ0n) is 11.8. The number of nitrogens with zero attached hydrogens (tertiary/aromatic N) is 2. The van der Waals surface area contributed by atoms with Crippen LogP contribution < -0.4 is 10.2 Å². The van der Waals surface area contributed by atoms with Crippen molar-refractivity contribution < 1.29 is 4.79 Å². The van der Waals surface area contributed by atoms with E-state index in [1.807, 2.05) is 61.3 Å². The Kier molecular flexibility index (Phi) is 4.71. The summed E-state index contributed by atoms with van der Waals surface area (Å²) < 4.78 is 0. The molecule has 0 aliphatic carbocycles. The van der Waals surface area contributed by atoms with E-state index >= 15 is 0 Å². The Morgan fingerprint density at radius 2 is 1.95 bits per heavy atom. The average molecular weight is 269 g/mol. The van der Waals surface area contributed by atoms with Gasteiger partial charge in [0.2, 0.25) is 5.91 Å². The number of rotatable bonds is 5. The number of carbonyl (C=O) groups is 1. The average Bonchev–Trinajstić information content (AvgIpc) is 2.48. The van der Waals surface area contributed by atoms with Crippen molar-refractivity contribution in [3.63, 3.8) is 0 Å². The molecule has 0 saturated carbocycles. The van der Waals surface area contributed by atoms with Crippen LogP contribution in [0.2, 0.25) is 0 Å². The first-order chi connectivity index (χ1) is 9.70. The number of aromatic nitrogens is 1. The highest BCUT2D eigenvalue weighted by Gasteiger charge is 2.05. The standard InChI is InChI=1S/C16H19N3O/c1-3-7-16(20)18-13-10-11-15(17-12-13)19(2)14-8-5-4-6-9-14/h4-6,8-12H,3,7H2,1-2H3,(H,18,20). The number of pyridine rings is 1. The van der Waals surface area contributed by atoms with Gasteiger partial charge in [-0.05, 0) is 30.7 Å². The summed E-state index contributed by atoms with van der Waals surface area (Å²) in [5, 5.41) is 2.83. The smallest absolute Gasteiger partial charge is 0.224 e. The molecule has 0 spiro atoms. The molecule has 0 atom stereocenters. The van der Waals surface area contributed by atoms with E-state index < -0.39 is 0 Å². The molecule has 1 amide bonds. The molecular weight excluding hydrogens is 250 g/mol. The molecule has 0 aliphatic heterocycles. The fourth-order valence-corrected chi connectivity index (χ4v) is 1.89. The van der Waals surface area contributed by atoms with Crippen molar-refractivity contribution in [1.82, 2.24) is 4.98 Å². The molecule has 0 bridgehead atoms. The van der Waals surface area contributed by atoms with Gasteiger partial charge in [0.25, 0.3) is 0 Å². The molecule has 2 rings (SSSR count). The summed E-state index contributed by atoms with van der Waals surface area (Å²) in [7, 11) is 1.97. The first-order valence-electron chi connectivity index (χ1n) is 6.75. The molecular formula is C16H19N3O. The number of hydrogen-bond donors (Lipinski definition) is 1. The van der Waals surface area contributed by atoms with E-state index in [1.54, 1.807) is 6.20 Å². The molecule has 104 valence electrons. The Morgan fingerprint density at radius 3 is 2.55 bits per heavy atom. The highest BCUT2D eigenvalue weighted by atomic mass is 16.1. The lowest BCUT2D eigenvalue weighted by atomic mass is 10.3. The third-order valence-electron chi connectivity index (χ3n) is 3.00. The van der Waals surface area contributed by atoms with Gasteiger partial charge in [0, 0.05) is 19.2 Å². The lowest BCUT2D eigenvalue weighted by molar-refractivity contribution is -0.116. The van der Waals surface area contributed by atoms with Gasteiger partial charge in [-0.25, -0.2) is 4.98 Å². The molecule has 4 nitrogen and oxygen atoms in total. The predicted octanol–water partition coefficient (Wildman–Crippen LogP) is 3.59. The predicted molar refractivity (Wildman–Crippen MR) is 82.3 cm³/mol. The molecule has 0 saturated heterocycles. The zero-order chi connectivity index (χ0) is 14.4. The molecule has 0 fully saturated rings. The summed E-state index contributed by atoms with van der Waals surface area (Å²) in [5.41, 5.74) is 1.80. The van der Waals surface area contributed by atoms with E-state index in [9.17, 15) is 4.79 Å². The van der Waals surface area contributed by atoms with E-state index in [2.05, 4.69) is 10.3 Å². The molecule has 1 heterocycles. The van der Waals surface area contributed by atoms with Gasteiger partial charge in [0.05, 0.1) is 11.9 Å². The number of anilines is 3. The molecule has 2 aromatic rings. The molecule has 0 unspecified atom stereocenters. The van der Waals surface area contributed by atoms with Crippen LogP contribution in [0.3, 0.4) is 0 Å². The van der Waals surface area contributed by atoms with Crippen molar-refractivity contribution in [2.45, 2.75) is 19.8 Å². The van der Waals surface area contributed by atoms with Crippen LogP contribution in [0.15, 0.2) is 48.7 Å². The Morgan fingerprint density at radius 1 is 1.20 bits per heavy atom. The van der Waals surface area contributed by atoms with Crippen LogP contribution >= 0.6 is 0 Å². The maximum Gasteiger partial charge on any atom is 0.224 e. The highest BCUT2D eigenvalue weighted by molar-refractivity contribution is 5.90. The summed E-state index contributed by atoms with van der Waals surface area (Å²) in [6.07, 6.45) is 3.06. The van der Waals surface area contributed by atoms with Crippen molar-refractivity contribution in [3.05, 3.63) is 48.7 Å². The van der Waals surface area contributed by atoms with Gasteiger partial charge in [-0.15, -0.1) is 0 Å². The van der Waals surface area contributed by atoms with Gasteiger partial charge in [-0.1, -0.05) is 25.1 Å². The first-order valence-corrected chi connectivity index (χ1v) is 6.75. The zero-order valence-corrected chi connectivity index (χ0v) is 11.8. The van der Waals surface area contributed by atoms with Crippen molar-refractivity contribution in [2.75, 3.05) is 17.3 Å². The Hall–Kier alpha value is -2.36. The van der Waals surface area contributed by atoms with Gasteiger partial charge in [-0.2, -0.15) is 0 Å². The van der Waals surface area contributed by atoms with Gasteiger partial charge in [0.15, 0.2) is 0 Å². The molecule has 1 aromatic carbocycles. The van der Waals surface area contributed by atoms with Crippen molar-refractivity contribution in [1.29, 1.82) is 0 Å². The van der Waals surface area contributed by atoms with Crippen molar-refractivity contribution >= 4 is 23.1 Å². The van der Waals surface area contributed by atoms with E-state index in [4.69, 9.17) is 0 Å². The highest BCUT2D eigenvalue weighted by Crippen LogP contribution is 2.21. The van der Waals surface area contributed by atoms with E-state index in [1.165, 1.54) is 0 Å². The Labute approximate surface area is 119 Å². The normalized spacial score (nSPS) is 10.1. The van der Waals surface area contributed by atoms with E-state index in [-0.39, 0.29) is 5.91 Å². The Balaban J connectivity index is 2.06. The number of nitrogens with one attached hydrogen (secondary N) is 1. The second-order valence-electron chi connectivity index (χ2n) is 4.60. The number of amides is 1. The largest absolute Gasteiger partial charge is 0.329 e. The number of carbonyl (C=O) groups excluding carboxylic acids is 1. The number of benzene rings is 1. The lowest BCUT2D eigenvalue weighted by Crippen LogP contribution is -2.13. The number of hydrogen-bond acceptors (Lipinski definition) is 3. The number of para-hydroxylation sites is 1. The van der Waals surface area contributed by atoms with E-state index in [0.29, 0.717) is 6.42 Å². The monoisotopic (exact) mass is 269 g/mol. The molecule has 1 aromatic heterocycles. The van der Waals surface area contributed by atoms with Gasteiger partial charge in [-0.3, -0.25) is 4.79 Å². The third-order valence-corrected chi connectivity index (χ3v) is 3.00. The minimum Gasteiger partial charge on any atom is -0.329 e. The van der Waals surface area contributed by atoms with Gasteiger partial charge >= 0.3 is 0 Å². The summed E-state index contributed by atoms with van der Waals surface area (Å²) >= 11 is 0. The fraction of sp³-hybridized carbons (Fsp3) is 0.250. The van der Waals surface area contributed by atoms with E-state index in [0.717, 1.165) is 23.6 Å². The second-order valence-corrected chi connectivity index (χ2v) is 4.60. The first kappa shape index (κ1) is 14.1. The molecule has 1 N–H and O–H groups in total. The molecule has 0 radical (unpaired) electrons. The SMILES string of the molecule is CCCC(=O)Nc1ccc(N(C)c2ccccc2)nc1. The van der Waals surface area contributed by atoms with Crippen LogP contribution in [0.4, 0.5) is 17.2 Å². The van der Waals surface area contributed by atoms with Gasteiger partial charge < -0.3 is 10.2 Å². The molecule has 20 heavy (non-hydrogen) atoms. The van der Waals surface area contributed by atoms with Crippen LogP contribution in [0.1, 0.15) is 19.8 Å². The van der Waals surface area contributed by atoms with Crippen LogP contribution in [0, 0.1) is 0 Å². The van der Waals surface area contributed by atoms with Crippen LogP contribution in [0.25, 0.3) is 0 Å². The summed E-state index contributed by atoms with van der Waals surface area (Å²) in [6, 6.07) is 13.8. The third kappa shape index (κ3) is 3.57. The topological polar surface area (TPSA) is 45.2 Å². The quantitative estimate of drug-likeness (QED) is 0.902. The summed E-state index contributed by atoms with van der Waals surface area (Å²) in [5.74, 6) is 0.864. The second kappa shape index (κ2) is 6.70. The fourth-order valence-electron chi connectivity index (χ4n) is 1.89. The van der Waals surface area contributed by atoms with Crippen molar-refractivity contribution in [2.24, 2.45) is 0 Å². The molecule has 4 heteroatoms.